The molecule has 1 aromatic carbocycles. The summed E-state index contributed by atoms with van der Waals surface area (Å²) in [6.07, 6.45) is 15.1. The van der Waals surface area contributed by atoms with Gasteiger partial charge in [-0.3, -0.25) is 4.99 Å². The molecular weight excluding hydrogens is 266 g/mol. The van der Waals surface area contributed by atoms with Crippen LogP contribution in [-0.2, 0) is 0 Å². The Morgan fingerprint density at radius 2 is 1.77 bits per heavy atom. The number of hydrogen-bond donors (Lipinski definition) is 0. The van der Waals surface area contributed by atoms with Crippen molar-refractivity contribution in [2.75, 3.05) is 0 Å². The average Bonchev–Trinajstić information content (AvgIpc) is 2.56. The highest BCUT2D eigenvalue weighted by molar-refractivity contribution is 5.84. The third-order valence-electron chi connectivity index (χ3n) is 3.05. The summed E-state index contributed by atoms with van der Waals surface area (Å²) in [7, 11) is 0. The van der Waals surface area contributed by atoms with Crippen molar-refractivity contribution < 1.29 is 0 Å². The third-order valence-corrected chi connectivity index (χ3v) is 3.05. The molecule has 0 fully saturated rings. The first kappa shape index (κ1) is 17.4. The van der Waals surface area contributed by atoms with Crippen LogP contribution in [-0.4, -0.2) is 6.21 Å². The monoisotopic (exact) mass is 289 g/mol. The molecule has 0 N–H and O–H groups in total. The van der Waals surface area contributed by atoms with Gasteiger partial charge in [-0.1, -0.05) is 79.9 Å². The largest absolute Gasteiger partial charge is 0.257 e. The highest BCUT2D eigenvalue weighted by atomic mass is 14.7. The Morgan fingerprint density at radius 3 is 2.36 bits per heavy atom. The molecule has 0 aliphatic rings. The van der Waals surface area contributed by atoms with Crippen molar-refractivity contribution in [3.05, 3.63) is 103 Å². The predicted molar refractivity (Wildman–Crippen MR) is 100.0 cm³/mol. The lowest BCUT2D eigenvalue weighted by Gasteiger charge is -2.02. The van der Waals surface area contributed by atoms with Gasteiger partial charge in [-0.25, -0.2) is 0 Å². The van der Waals surface area contributed by atoms with Crippen LogP contribution < -0.4 is 0 Å². The van der Waals surface area contributed by atoms with E-state index in [0.717, 1.165) is 11.3 Å². The average molecular weight is 289 g/mol. The topological polar surface area (TPSA) is 12.4 Å². The van der Waals surface area contributed by atoms with Gasteiger partial charge in [-0.15, -0.1) is 0 Å². The van der Waals surface area contributed by atoms with E-state index in [4.69, 9.17) is 0 Å². The predicted octanol–water partition coefficient (Wildman–Crippen LogP) is 5.92. The first-order valence-electron chi connectivity index (χ1n) is 7.27. The van der Waals surface area contributed by atoms with E-state index in [9.17, 15) is 0 Å². The quantitative estimate of drug-likeness (QED) is 0.436. The zero-order chi connectivity index (χ0) is 16.2. The van der Waals surface area contributed by atoms with Gasteiger partial charge in [0.2, 0.25) is 0 Å². The van der Waals surface area contributed by atoms with Crippen LogP contribution in [0.1, 0.15) is 19.4 Å². The van der Waals surface area contributed by atoms with E-state index in [1.807, 2.05) is 61.7 Å². The standard InChI is InChI=1S/C21H23N/c1-5-8-13-20(12-6-2)21(7-3)22-17-16-18(4)19-14-10-9-11-15-19/h5-17H,1-2H2,3-4H3/b13-8-,18-16+,20-12+,21-7-,22-17-. The minimum absolute atomic E-state index is 0.898. The van der Waals surface area contributed by atoms with E-state index in [-0.39, 0.29) is 0 Å². The molecule has 0 saturated heterocycles. The van der Waals surface area contributed by atoms with Gasteiger partial charge in [0, 0.05) is 6.21 Å². The summed E-state index contributed by atoms with van der Waals surface area (Å²) in [5.41, 5.74) is 4.27. The molecule has 1 heteroatoms. The van der Waals surface area contributed by atoms with E-state index >= 15 is 0 Å². The number of benzene rings is 1. The van der Waals surface area contributed by atoms with Gasteiger partial charge in [0.15, 0.2) is 0 Å². The van der Waals surface area contributed by atoms with Crippen molar-refractivity contribution in [1.82, 2.24) is 0 Å². The number of aliphatic imine (C=N–C) groups is 1. The minimum Gasteiger partial charge on any atom is -0.257 e. The molecule has 0 amide bonds. The van der Waals surface area contributed by atoms with E-state index in [0.29, 0.717) is 0 Å². The van der Waals surface area contributed by atoms with E-state index in [2.05, 4.69) is 37.2 Å². The van der Waals surface area contributed by atoms with Crippen LogP contribution in [0.3, 0.4) is 0 Å². The van der Waals surface area contributed by atoms with Gasteiger partial charge in [0.1, 0.15) is 0 Å². The van der Waals surface area contributed by atoms with Crippen LogP contribution in [0.15, 0.2) is 102 Å². The summed E-state index contributed by atoms with van der Waals surface area (Å²) >= 11 is 0. The van der Waals surface area contributed by atoms with E-state index in [1.54, 1.807) is 12.2 Å². The van der Waals surface area contributed by atoms with E-state index < -0.39 is 0 Å². The Balaban J connectivity index is 2.94. The first-order valence-corrected chi connectivity index (χ1v) is 7.27. The molecule has 1 rings (SSSR count). The van der Waals surface area contributed by atoms with Gasteiger partial charge < -0.3 is 0 Å². The molecule has 0 radical (unpaired) electrons. The Morgan fingerprint density at radius 1 is 1.05 bits per heavy atom. The number of allylic oxidation sites excluding steroid dienone is 8. The molecule has 0 heterocycles. The molecule has 0 spiro atoms. The second kappa shape index (κ2) is 10.1. The van der Waals surface area contributed by atoms with Crippen LogP contribution >= 0.6 is 0 Å². The zero-order valence-electron chi connectivity index (χ0n) is 13.4. The van der Waals surface area contributed by atoms with Gasteiger partial charge in [0.05, 0.1) is 5.70 Å². The lowest BCUT2D eigenvalue weighted by atomic mass is 10.1. The minimum atomic E-state index is 0.898. The van der Waals surface area contributed by atoms with Gasteiger partial charge >= 0.3 is 0 Å². The molecular formula is C21H23N. The highest BCUT2D eigenvalue weighted by Gasteiger charge is 1.97. The van der Waals surface area contributed by atoms with Crippen molar-refractivity contribution in [3.8, 4) is 0 Å². The Hall–Kier alpha value is -2.67. The molecule has 0 unspecified atom stereocenters. The summed E-state index contributed by atoms with van der Waals surface area (Å²) in [6, 6.07) is 10.3. The fraction of sp³-hybridized carbons (Fsp3) is 0.0952. The first-order chi connectivity index (χ1) is 10.7. The summed E-state index contributed by atoms with van der Waals surface area (Å²) in [4.78, 5) is 4.54. The number of hydrogen-bond acceptors (Lipinski definition) is 1. The van der Waals surface area contributed by atoms with Crippen molar-refractivity contribution in [3.63, 3.8) is 0 Å². The van der Waals surface area contributed by atoms with Crippen LogP contribution in [0.4, 0.5) is 0 Å². The molecule has 0 aliphatic carbocycles. The molecule has 1 nitrogen and oxygen atoms in total. The van der Waals surface area contributed by atoms with Gasteiger partial charge in [-0.05, 0) is 36.6 Å². The molecule has 1 aromatic rings. The molecule has 22 heavy (non-hydrogen) atoms. The number of nitrogens with zero attached hydrogens (tertiary/aromatic N) is 1. The third kappa shape index (κ3) is 5.76. The molecule has 0 saturated carbocycles. The van der Waals surface area contributed by atoms with E-state index in [1.165, 1.54) is 11.1 Å². The van der Waals surface area contributed by atoms with Crippen LogP contribution in [0.2, 0.25) is 0 Å². The van der Waals surface area contributed by atoms with Gasteiger partial charge in [-0.2, -0.15) is 0 Å². The summed E-state index contributed by atoms with van der Waals surface area (Å²) < 4.78 is 0. The second-order valence-corrected chi connectivity index (χ2v) is 4.62. The highest BCUT2D eigenvalue weighted by Crippen LogP contribution is 2.15. The maximum absolute atomic E-state index is 4.54. The SMILES string of the molecule is C=C\C=C/C(=C\C=C)C(=C/C)/N=C\C=C(/C)c1ccccc1. The van der Waals surface area contributed by atoms with Gasteiger partial charge in [0.25, 0.3) is 0 Å². The molecule has 0 atom stereocenters. The lowest BCUT2D eigenvalue weighted by molar-refractivity contribution is 1.33. The number of rotatable bonds is 7. The summed E-state index contributed by atoms with van der Waals surface area (Å²) in [6.45, 7) is 11.5. The maximum atomic E-state index is 4.54. The normalized spacial score (nSPS) is 13.8. The molecule has 0 aliphatic heterocycles. The van der Waals surface area contributed by atoms with Crippen LogP contribution in [0.5, 0.6) is 0 Å². The molecule has 0 aromatic heterocycles. The fourth-order valence-electron chi connectivity index (χ4n) is 1.87. The zero-order valence-corrected chi connectivity index (χ0v) is 13.4. The van der Waals surface area contributed by atoms with Crippen molar-refractivity contribution in [2.24, 2.45) is 4.99 Å². The summed E-state index contributed by atoms with van der Waals surface area (Å²) in [5.74, 6) is 0. The van der Waals surface area contributed by atoms with Crippen LogP contribution in [0, 0.1) is 0 Å². The molecule has 112 valence electrons. The summed E-state index contributed by atoms with van der Waals surface area (Å²) in [5, 5.41) is 0. The fourth-order valence-corrected chi connectivity index (χ4v) is 1.87. The van der Waals surface area contributed by atoms with Crippen molar-refractivity contribution in [1.29, 1.82) is 0 Å². The Labute approximate surface area is 134 Å². The second-order valence-electron chi connectivity index (χ2n) is 4.62. The Kier molecular flexibility index (Phi) is 7.99. The van der Waals surface area contributed by atoms with Crippen LogP contribution in [0.25, 0.3) is 5.57 Å². The Bertz CT molecular complexity index is 638. The maximum Gasteiger partial charge on any atom is 0.0659 e. The molecule has 0 bridgehead atoms. The van der Waals surface area contributed by atoms with Crippen molar-refractivity contribution >= 4 is 11.8 Å². The lowest BCUT2D eigenvalue weighted by Crippen LogP contribution is -1.85. The van der Waals surface area contributed by atoms with Crippen molar-refractivity contribution in [2.45, 2.75) is 13.8 Å². The smallest absolute Gasteiger partial charge is 0.0659 e.